The van der Waals surface area contributed by atoms with Crippen LogP contribution in [0.15, 0.2) is 0 Å². The van der Waals surface area contributed by atoms with E-state index in [0.717, 1.165) is 19.3 Å². The number of aliphatic hydroxyl groups excluding tert-OH is 1. The first-order valence-corrected chi connectivity index (χ1v) is 13.0. The second-order valence-corrected chi connectivity index (χ2v) is 8.97. The third kappa shape index (κ3) is 15.2. The molecule has 2 N–H and O–H groups in total. The number of unbranched alkanes of at least 4 members (excludes halogenated alkanes) is 10. The zero-order valence-corrected chi connectivity index (χ0v) is 21.1. The lowest BCUT2D eigenvalue weighted by Crippen LogP contribution is -2.36. The average molecular weight is 499 g/mol. The highest BCUT2D eigenvalue weighted by molar-refractivity contribution is 6.01. The Morgan fingerprint density at radius 3 is 1.94 bits per heavy atom. The minimum absolute atomic E-state index is 0.00558. The summed E-state index contributed by atoms with van der Waals surface area (Å²) in [5.74, 6) is -2.95. The van der Waals surface area contributed by atoms with Crippen LogP contribution in [0.2, 0.25) is 0 Å². The number of carbonyl (C=O) groups is 5. The fourth-order valence-electron chi connectivity index (χ4n) is 3.59. The van der Waals surface area contributed by atoms with Crippen LogP contribution in [-0.4, -0.2) is 59.1 Å². The molecule has 0 aromatic rings. The molecule has 10 heteroatoms. The SMILES string of the molecule is CCCCCCCCCCCCCC(=O)OCC(O)CNC(=O)CCC(=O)ON1C(=O)CCC1=O. The normalized spacial score (nSPS) is 14.2. The summed E-state index contributed by atoms with van der Waals surface area (Å²) < 4.78 is 5.04. The quantitative estimate of drug-likeness (QED) is 0.148. The van der Waals surface area contributed by atoms with E-state index < -0.39 is 29.8 Å². The van der Waals surface area contributed by atoms with E-state index in [-0.39, 0.29) is 44.8 Å². The molecule has 0 aromatic heterocycles. The number of hydroxylamine groups is 2. The van der Waals surface area contributed by atoms with Gasteiger partial charge >= 0.3 is 11.9 Å². The molecule has 1 atom stereocenters. The molecule has 1 rings (SSSR count). The number of aliphatic hydroxyl groups is 1. The lowest BCUT2D eigenvalue weighted by atomic mass is 10.1. The molecule has 1 heterocycles. The molecule has 10 nitrogen and oxygen atoms in total. The average Bonchev–Trinajstić information content (AvgIpc) is 3.15. The van der Waals surface area contributed by atoms with Gasteiger partial charge < -0.3 is 20.0 Å². The van der Waals surface area contributed by atoms with Gasteiger partial charge in [0, 0.05) is 32.2 Å². The largest absolute Gasteiger partial charge is 0.463 e. The topological polar surface area (TPSA) is 139 Å². The fraction of sp³-hybridized carbons (Fsp3) is 0.800. The number of imide groups is 1. The Balaban J connectivity index is 1.97. The van der Waals surface area contributed by atoms with Gasteiger partial charge in [0.15, 0.2) is 0 Å². The molecule has 1 aliphatic rings. The summed E-state index contributed by atoms with van der Waals surface area (Å²) in [5.41, 5.74) is 0. The highest BCUT2D eigenvalue weighted by atomic mass is 16.7. The van der Waals surface area contributed by atoms with Crippen LogP contribution in [0.1, 0.15) is 110 Å². The van der Waals surface area contributed by atoms with Crippen molar-refractivity contribution in [2.45, 2.75) is 116 Å². The molecule has 3 amide bonds. The van der Waals surface area contributed by atoms with Gasteiger partial charge in [-0.1, -0.05) is 71.1 Å². The Morgan fingerprint density at radius 1 is 0.829 bits per heavy atom. The van der Waals surface area contributed by atoms with Crippen molar-refractivity contribution in [2.24, 2.45) is 0 Å². The molecule has 0 spiro atoms. The summed E-state index contributed by atoms with van der Waals surface area (Å²) in [6, 6.07) is 0. The zero-order chi connectivity index (χ0) is 25.9. The van der Waals surface area contributed by atoms with Gasteiger partial charge in [-0.25, -0.2) is 4.79 Å². The maximum atomic E-state index is 11.8. The second kappa shape index (κ2) is 18.8. The van der Waals surface area contributed by atoms with Gasteiger partial charge in [0.1, 0.15) is 12.7 Å². The van der Waals surface area contributed by atoms with Crippen molar-refractivity contribution in [1.82, 2.24) is 10.4 Å². The monoisotopic (exact) mass is 498 g/mol. The number of carbonyl (C=O) groups excluding carboxylic acids is 5. The first-order valence-electron chi connectivity index (χ1n) is 13.0. The van der Waals surface area contributed by atoms with Gasteiger partial charge in [-0.15, -0.1) is 5.06 Å². The molecule has 1 unspecified atom stereocenters. The number of nitrogens with zero attached hydrogens (tertiary/aromatic N) is 1. The molecular weight excluding hydrogens is 456 g/mol. The maximum Gasteiger partial charge on any atom is 0.333 e. The molecular formula is C25H42N2O8. The van der Waals surface area contributed by atoms with Crippen molar-refractivity contribution in [3.8, 4) is 0 Å². The van der Waals surface area contributed by atoms with Crippen molar-refractivity contribution in [3.63, 3.8) is 0 Å². The van der Waals surface area contributed by atoms with Crippen molar-refractivity contribution in [2.75, 3.05) is 13.2 Å². The van der Waals surface area contributed by atoms with Crippen LogP contribution in [-0.2, 0) is 33.5 Å². The van der Waals surface area contributed by atoms with E-state index in [1.54, 1.807) is 0 Å². The van der Waals surface area contributed by atoms with Crippen LogP contribution in [0.3, 0.4) is 0 Å². The van der Waals surface area contributed by atoms with Crippen LogP contribution >= 0.6 is 0 Å². The summed E-state index contributed by atoms with van der Waals surface area (Å²) in [4.78, 5) is 62.7. The number of nitrogens with one attached hydrogen (secondary N) is 1. The molecule has 0 bridgehead atoms. The predicted molar refractivity (Wildman–Crippen MR) is 127 cm³/mol. The number of amides is 3. The first-order chi connectivity index (χ1) is 16.8. The van der Waals surface area contributed by atoms with E-state index in [1.165, 1.54) is 51.4 Å². The highest BCUT2D eigenvalue weighted by Gasteiger charge is 2.32. The van der Waals surface area contributed by atoms with Crippen molar-refractivity contribution < 1.29 is 38.7 Å². The Morgan fingerprint density at radius 2 is 1.37 bits per heavy atom. The fourth-order valence-corrected chi connectivity index (χ4v) is 3.59. The zero-order valence-electron chi connectivity index (χ0n) is 21.1. The van der Waals surface area contributed by atoms with E-state index in [9.17, 15) is 29.1 Å². The lowest BCUT2D eigenvalue weighted by Gasteiger charge is -2.13. The molecule has 0 aliphatic carbocycles. The number of ether oxygens (including phenoxy) is 1. The molecule has 0 saturated carbocycles. The van der Waals surface area contributed by atoms with Gasteiger partial charge in [-0.3, -0.25) is 19.2 Å². The second-order valence-electron chi connectivity index (χ2n) is 8.97. The van der Waals surface area contributed by atoms with Crippen LogP contribution in [0.25, 0.3) is 0 Å². The molecule has 200 valence electrons. The first kappa shape index (κ1) is 30.5. The van der Waals surface area contributed by atoms with Crippen LogP contribution in [0, 0.1) is 0 Å². The lowest BCUT2D eigenvalue weighted by molar-refractivity contribution is -0.197. The standard InChI is InChI=1S/C25H42N2O8/c1-2-3-4-5-6-7-8-9-10-11-12-13-24(32)34-19-20(28)18-26-21(29)14-17-25(33)35-27-22(30)15-16-23(27)31/h20,28H,2-19H2,1H3,(H,26,29). The van der Waals surface area contributed by atoms with E-state index in [1.807, 2.05) is 0 Å². The van der Waals surface area contributed by atoms with Gasteiger partial charge in [0.2, 0.25) is 5.91 Å². The molecule has 0 aromatic carbocycles. The highest BCUT2D eigenvalue weighted by Crippen LogP contribution is 2.13. The van der Waals surface area contributed by atoms with E-state index in [0.29, 0.717) is 11.5 Å². The van der Waals surface area contributed by atoms with Crippen molar-refractivity contribution in [3.05, 3.63) is 0 Å². The van der Waals surface area contributed by atoms with E-state index in [4.69, 9.17) is 4.74 Å². The summed E-state index contributed by atoms with van der Waals surface area (Å²) in [5, 5.41) is 12.7. The van der Waals surface area contributed by atoms with Gasteiger partial charge in [-0.2, -0.15) is 0 Å². The van der Waals surface area contributed by atoms with E-state index >= 15 is 0 Å². The Labute approximate surface area is 208 Å². The minimum Gasteiger partial charge on any atom is -0.463 e. The third-order valence-electron chi connectivity index (χ3n) is 5.71. The third-order valence-corrected chi connectivity index (χ3v) is 5.71. The van der Waals surface area contributed by atoms with Gasteiger partial charge in [0.05, 0.1) is 6.42 Å². The van der Waals surface area contributed by atoms with Gasteiger partial charge in [-0.05, 0) is 6.42 Å². The number of esters is 1. The summed E-state index contributed by atoms with van der Waals surface area (Å²) in [6.07, 6.45) is 11.8. The minimum atomic E-state index is -1.06. The van der Waals surface area contributed by atoms with Crippen molar-refractivity contribution >= 4 is 29.7 Å². The van der Waals surface area contributed by atoms with E-state index in [2.05, 4.69) is 17.1 Å². The van der Waals surface area contributed by atoms with Crippen LogP contribution < -0.4 is 5.32 Å². The molecule has 35 heavy (non-hydrogen) atoms. The Hall–Kier alpha value is -2.49. The smallest absolute Gasteiger partial charge is 0.333 e. The summed E-state index contributed by atoms with van der Waals surface area (Å²) in [6.45, 7) is 1.86. The molecule has 1 saturated heterocycles. The van der Waals surface area contributed by atoms with Crippen LogP contribution in [0.5, 0.6) is 0 Å². The Bertz CT molecular complexity index is 666. The number of hydrogen-bond acceptors (Lipinski definition) is 8. The molecule has 0 radical (unpaired) electrons. The summed E-state index contributed by atoms with van der Waals surface area (Å²) >= 11 is 0. The van der Waals surface area contributed by atoms with Crippen LogP contribution in [0.4, 0.5) is 0 Å². The molecule has 1 aliphatic heterocycles. The Kier molecular flexibility index (Phi) is 16.4. The number of hydrogen-bond donors (Lipinski definition) is 2. The summed E-state index contributed by atoms with van der Waals surface area (Å²) in [7, 11) is 0. The predicted octanol–water partition coefficient (Wildman–Crippen LogP) is 3.10. The maximum absolute atomic E-state index is 11.8. The molecule has 1 fully saturated rings. The van der Waals surface area contributed by atoms with Gasteiger partial charge in [0.25, 0.3) is 11.8 Å². The van der Waals surface area contributed by atoms with Crippen molar-refractivity contribution in [1.29, 1.82) is 0 Å². The number of rotatable bonds is 20.